The third kappa shape index (κ3) is 5.14. The second kappa shape index (κ2) is 6.80. The summed E-state index contributed by atoms with van der Waals surface area (Å²) in [4.78, 5) is 11.7. The summed E-state index contributed by atoms with van der Waals surface area (Å²) in [7, 11) is 0. The number of hydrogen-bond acceptors (Lipinski definition) is 3. The molecule has 90 valence electrons. The Morgan fingerprint density at radius 1 is 1.33 bits per heavy atom. The van der Waals surface area contributed by atoms with E-state index in [9.17, 15) is 4.79 Å². The lowest BCUT2D eigenvalue weighted by Gasteiger charge is -2.24. The van der Waals surface area contributed by atoms with Crippen molar-refractivity contribution in [3.8, 4) is 0 Å². The lowest BCUT2D eigenvalue weighted by atomic mass is 9.98. The van der Waals surface area contributed by atoms with Gasteiger partial charge in [0.15, 0.2) is 0 Å². The summed E-state index contributed by atoms with van der Waals surface area (Å²) >= 11 is 0. The van der Waals surface area contributed by atoms with E-state index in [0.29, 0.717) is 12.3 Å². The molecule has 3 atom stereocenters. The molecule has 0 bridgehead atoms. The Bertz CT molecular complexity index is 193. The lowest BCUT2D eigenvalue weighted by molar-refractivity contribution is -0.126. The van der Waals surface area contributed by atoms with E-state index in [-0.39, 0.29) is 30.5 Å². The largest absolute Gasteiger partial charge is 0.396 e. The molecule has 0 aliphatic carbocycles. The summed E-state index contributed by atoms with van der Waals surface area (Å²) in [5.74, 6) is 0.100. The molecule has 0 aliphatic heterocycles. The van der Waals surface area contributed by atoms with E-state index in [1.54, 1.807) is 0 Å². The molecule has 3 unspecified atom stereocenters. The zero-order chi connectivity index (χ0) is 12.0. The molecule has 0 saturated heterocycles. The maximum Gasteiger partial charge on any atom is 0.224 e. The van der Waals surface area contributed by atoms with Gasteiger partial charge in [-0.15, -0.1) is 0 Å². The van der Waals surface area contributed by atoms with Gasteiger partial charge in [0, 0.05) is 24.6 Å². The van der Waals surface area contributed by atoms with Gasteiger partial charge in [-0.3, -0.25) is 4.79 Å². The van der Waals surface area contributed by atoms with Gasteiger partial charge in [0.1, 0.15) is 0 Å². The Hall–Kier alpha value is -0.610. The van der Waals surface area contributed by atoms with Gasteiger partial charge < -0.3 is 16.2 Å². The Morgan fingerprint density at radius 2 is 1.87 bits per heavy atom. The number of aliphatic hydroxyl groups excluding tert-OH is 1. The third-order valence-corrected chi connectivity index (χ3v) is 2.77. The van der Waals surface area contributed by atoms with Crippen LogP contribution in [0.2, 0.25) is 0 Å². The number of carbonyl (C=O) groups is 1. The zero-order valence-electron chi connectivity index (χ0n) is 10.2. The smallest absolute Gasteiger partial charge is 0.224 e. The molecule has 0 aromatic heterocycles. The number of amides is 1. The zero-order valence-corrected chi connectivity index (χ0v) is 10.2. The van der Waals surface area contributed by atoms with E-state index in [2.05, 4.69) is 5.32 Å². The Labute approximate surface area is 92.2 Å². The molecule has 0 aromatic carbocycles. The standard InChI is InChI=1S/C11H24N2O2/c1-7(2)10(5-6-14)13-11(15)8(3)9(4)12/h7-10,14H,5-6,12H2,1-4H3,(H,13,15). The highest BCUT2D eigenvalue weighted by Crippen LogP contribution is 2.08. The summed E-state index contributed by atoms with van der Waals surface area (Å²) in [6.45, 7) is 7.78. The molecule has 0 fully saturated rings. The molecule has 1 amide bonds. The highest BCUT2D eigenvalue weighted by molar-refractivity contribution is 5.79. The van der Waals surface area contributed by atoms with Crippen LogP contribution in [0.25, 0.3) is 0 Å². The fraction of sp³-hybridized carbons (Fsp3) is 0.909. The average Bonchev–Trinajstić information content (AvgIpc) is 2.15. The van der Waals surface area contributed by atoms with Crippen LogP contribution in [0.5, 0.6) is 0 Å². The van der Waals surface area contributed by atoms with Crippen molar-refractivity contribution in [1.29, 1.82) is 0 Å². The summed E-state index contributed by atoms with van der Waals surface area (Å²) in [6, 6.07) is -0.115. The van der Waals surface area contributed by atoms with Crippen LogP contribution in [0.3, 0.4) is 0 Å². The Balaban J connectivity index is 4.22. The first-order valence-electron chi connectivity index (χ1n) is 5.57. The van der Waals surface area contributed by atoms with Crippen LogP contribution >= 0.6 is 0 Å². The highest BCUT2D eigenvalue weighted by Gasteiger charge is 2.21. The van der Waals surface area contributed by atoms with Crippen molar-refractivity contribution in [2.24, 2.45) is 17.6 Å². The molecular formula is C11H24N2O2. The molecule has 0 saturated carbocycles. The number of aliphatic hydroxyl groups is 1. The topological polar surface area (TPSA) is 75.3 Å². The monoisotopic (exact) mass is 216 g/mol. The first-order chi connectivity index (χ1) is 6.90. The fourth-order valence-electron chi connectivity index (χ4n) is 1.26. The lowest BCUT2D eigenvalue weighted by Crippen LogP contribution is -2.45. The van der Waals surface area contributed by atoms with Crippen molar-refractivity contribution in [3.05, 3.63) is 0 Å². The van der Waals surface area contributed by atoms with Gasteiger partial charge in [0.25, 0.3) is 0 Å². The van der Waals surface area contributed by atoms with E-state index in [1.807, 2.05) is 27.7 Å². The Kier molecular flexibility index (Phi) is 6.52. The molecule has 0 radical (unpaired) electrons. The molecule has 4 N–H and O–H groups in total. The number of rotatable bonds is 6. The van der Waals surface area contributed by atoms with Crippen LogP contribution in [0.1, 0.15) is 34.1 Å². The van der Waals surface area contributed by atoms with Crippen LogP contribution < -0.4 is 11.1 Å². The second-order valence-electron chi connectivity index (χ2n) is 4.52. The highest BCUT2D eigenvalue weighted by atomic mass is 16.3. The molecular weight excluding hydrogens is 192 g/mol. The SMILES string of the molecule is CC(C)C(CCO)NC(=O)C(C)C(C)N. The number of nitrogens with two attached hydrogens (primary N) is 1. The van der Waals surface area contributed by atoms with Crippen molar-refractivity contribution in [2.75, 3.05) is 6.61 Å². The summed E-state index contributed by atoms with van der Waals surface area (Å²) in [5, 5.41) is 11.8. The van der Waals surface area contributed by atoms with Crippen LogP contribution in [-0.2, 0) is 4.79 Å². The van der Waals surface area contributed by atoms with Crippen molar-refractivity contribution in [1.82, 2.24) is 5.32 Å². The predicted octanol–water partition coefficient (Wildman–Crippen LogP) is 0.493. The van der Waals surface area contributed by atoms with Gasteiger partial charge in [-0.1, -0.05) is 20.8 Å². The fourth-order valence-corrected chi connectivity index (χ4v) is 1.26. The van der Waals surface area contributed by atoms with E-state index in [0.717, 1.165) is 0 Å². The normalized spacial score (nSPS) is 17.3. The van der Waals surface area contributed by atoms with Crippen LogP contribution in [-0.4, -0.2) is 29.7 Å². The average molecular weight is 216 g/mol. The van der Waals surface area contributed by atoms with E-state index < -0.39 is 0 Å². The maximum absolute atomic E-state index is 11.7. The molecule has 0 aliphatic rings. The molecule has 0 rings (SSSR count). The summed E-state index contributed by atoms with van der Waals surface area (Å²) in [6.07, 6.45) is 0.592. The van der Waals surface area contributed by atoms with E-state index in [4.69, 9.17) is 10.8 Å². The molecule has 0 heterocycles. The first kappa shape index (κ1) is 14.4. The molecule has 0 spiro atoms. The predicted molar refractivity (Wildman–Crippen MR) is 61.3 cm³/mol. The van der Waals surface area contributed by atoms with Gasteiger partial charge in [0.05, 0.1) is 0 Å². The van der Waals surface area contributed by atoms with Crippen molar-refractivity contribution in [2.45, 2.75) is 46.2 Å². The van der Waals surface area contributed by atoms with Gasteiger partial charge in [0.2, 0.25) is 5.91 Å². The molecule has 15 heavy (non-hydrogen) atoms. The van der Waals surface area contributed by atoms with Gasteiger partial charge in [-0.2, -0.15) is 0 Å². The number of carbonyl (C=O) groups excluding carboxylic acids is 1. The van der Waals surface area contributed by atoms with Crippen LogP contribution in [0.15, 0.2) is 0 Å². The minimum Gasteiger partial charge on any atom is -0.396 e. The van der Waals surface area contributed by atoms with Crippen molar-refractivity contribution in [3.63, 3.8) is 0 Å². The summed E-state index contributed by atoms with van der Waals surface area (Å²) < 4.78 is 0. The summed E-state index contributed by atoms with van der Waals surface area (Å²) in [5.41, 5.74) is 5.65. The third-order valence-electron chi connectivity index (χ3n) is 2.77. The van der Waals surface area contributed by atoms with Gasteiger partial charge in [-0.25, -0.2) is 0 Å². The number of hydrogen-bond donors (Lipinski definition) is 3. The molecule has 4 heteroatoms. The van der Waals surface area contributed by atoms with E-state index >= 15 is 0 Å². The second-order valence-corrected chi connectivity index (χ2v) is 4.52. The van der Waals surface area contributed by atoms with Gasteiger partial charge in [-0.05, 0) is 19.3 Å². The quantitative estimate of drug-likeness (QED) is 0.605. The number of nitrogens with one attached hydrogen (secondary N) is 1. The van der Waals surface area contributed by atoms with E-state index in [1.165, 1.54) is 0 Å². The van der Waals surface area contributed by atoms with Crippen molar-refractivity contribution < 1.29 is 9.90 Å². The molecule has 0 aromatic rings. The van der Waals surface area contributed by atoms with Crippen LogP contribution in [0.4, 0.5) is 0 Å². The first-order valence-corrected chi connectivity index (χ1v) is 5.57. The maximum atomic E-state index is 11.7. The van der Waals surface area contributed by atoms with Gasteiger partial charge >= 0.3 is 0 Å². The van der Waals surface area contributed by atoms with Crippen molar-refractivity contribution >= 4 is 5.91 Å². The molecule has 4 nitrogen and oxygen atoms in total. The minimum absolute atomic E-state index is 0.0304. The van der Waals surface area contributed by atoms with Crippen LogP contribution in [0, 0.1) is 11.8 Å². The minimum atomic E-state index is -0.190. The Morgan fingerprint density at radius 3 is 2.20 bits per heavy atom.